The number of rotatable bonds is 6. The summed E-state index contributed by atoms with van der Waals surface area (Å²) >= 11 is 0. The quantitative estimate of drug-likeness (QED) is 0.781. The lowest BCUT2D eigenvalue weighted by molar-refractivity contribution is -0.134. The molecule has 1 rings (SSSR count). The number of carboxylic acid groups (broad SMARTS) is 1. The summed E-state index contributed by atoms with van der Waals surface area (Å²) in [6.07, 6.45) is 1.44. The minimum absolute atomic E-state index is 0.131. The lowest BCUT2D eigenvalue weighted by atomic mass is 10.1. The van der Waals surface area contributed by atoms with Gasteiger partial charge in [-0.15, -0.1) is 0 Å². The van der Waals surface area contributed by atoms with Crippen LogP contribution in [0.15, 0.2) is 30.0 Å². The second kappa shape index (κ2) is 7.33. The van der Waals surface area contributed by atoms with Crippen LogP contribution >= 0.6 is 0 Å². The molecule has 0 fully saturated rings. The van der Waals surface area contributed by atoms with Crippen LogP contribution in [-0.2, 0) is 9.59 Å². The zero-order chi connectivity index (χ0) is 15.1. The minimum atomic E-state index is -1.16. The summed E-state index contributed by atoms with van der Waals surface area (Å²) in [4.78, 5) is 24.2. The SMILES string of the molecule is CCN(CC)c1ccc(C=C(NC(C)=O)C(=O)O)cc1. The fraction of sp³-hybridized carbons (Fsp3) is 0.333. The summed E-state index contributed by atoms with van der Waals surface area (Å²) in [5.41, 5.74) is 1.68. The van der Waals surface area contributed by atoms with Crippen molar-refractivity contribution in [3.63, 3.8) is 0 Å². The number of aliphatic carboxylic acids is 1. The molecule has 5 nitrogen and oxygen atoms in total. The molecule has 20 heavy (non-hydrogen) atoms. The van der Waals surface area contributed by atoms with E-state index in [4.69, 9.17) is 5.11 Å². The van der Waals surface area contributed by atoms with E-state index >= 15 is 0 Å². The van der Waals surface area contributed by atoms with Crippen LogP contribution in [0, 0.1) is 0 Å². The summed E-state index contributed by atoms with van der Waals surface area (Å²) in [6, 6.07) is 7.54. The predicted octanol–water partition coefficient (Wildman–Crippen LogP) is 2.09. The summed E-state index contributed by atoms with van der Waals surface area (Å²) in [7, 11) is 0. The highest BCUT2D eigenvalue weighted by atomic mass is 16.4. The minimum Gasteiger partial charge on any atom is -0.477 e. The molecule has 0 heterocycles. The molecular weight excluding hydrogens is 256 g/mol. The molecule has 108 valence electrons. The predicted molar refractivity (Wildman–Crippen MR) is 79.4 cm³/mol. The van der Waals surface area contributed by atoms with Crippen molar-refractivity contribution < 1.29 is 14.7 Å². The highest BCUT2D eigenvalue weighted by Crippen LogP contribution is 2.16. The van der Waals surface area contributed by atoms with Gasteiger partial charge in [-0.1, -0.05) is 12.1 Å². The maximum Gasteiger partial charge on any atom is 0.352 e. The fourth-order valence-corrected chi connectivity index (χ4v) is 1.88. The van der Waals surface area contributed by atoms with Crippen molar-refractivity contribution >= 4 is 23.6 Å². The Morgan fingerprint density at radius 1 is 1.20 bits per heavy atom. The third kappa shape index (κ3) is 4.42. The third-order valence-electron chi connectivity index (χ3n) is 2.87. The van der Waals surface area contributed by atoms with Crippen molar-refractivity contribution in [2.75, 3.05) is 18.0 Å². The van der Waals surface area contributed by atoms with E-state index in [0.29, 0.717) is 0 Å². The van der Waals surface area contributed by atoms with Crippen LogP contribution in [0.1, 0.15) is 26.3 Å². The summed E-state index contributed by atoms with van der Waals surface area (Å²) < 4.78 is 0. The molecule has 0 aliphatic heterocycles. The number of carbonyl (C=O) groups excluding carboxylic acids is 1. The molecule has 1 aromatic rings. The average Bonchev–Trinajstić information content (AvgIpc) is 2.40. The van der Waals surface area contributed by atoms with Crippen molar-refractivity contribution in [1.29, 1.82) is 0 Å². The molecule has 0 bridgehead atoms. The normalized spacial score (nSPS) is 11.1. The van der Waals surface area contributed by atoms with Gasteiger partial charge in [-0.3, -0.25) is 4.79 Å². The maximum atomic E-state index is 11.0. The molecule has 0 aromatic heterocycles. The van der Waals surface area contributed by atoms with Gasteiger partial charge < -0.3 is 15.3 Å². The Morgan fingerprint density at radius 3 is 2.15 bits per heavy atom. The summed E-state index contributed by atoms with van der Waals surface area (Å²) in [5.74, 6) is -1.56. The largest absolute Gasteiger partial charge is 0.477 e. The van der Waals surface area contributed by atoms with Gasteiger partial charge in [0, 0.05) is 25.7 Å². The van der Waals surface area contributed by atoms with Crippen molar-refractivity contribution in [3.05, 3.63) is 35.5 Å². The Labute approximate surface area is 118 Å². The molecule has 0 radical (unpaired) electrons. The first-order valence-corrected chi connectivity index (χ1v) is 6.55. The Morgan fingerprint density at radius 2 is 1.75 bits per heavy atom. The Balaban J connectivity index is 2.96. The van der Waals surface area contributed by atoms with E-state index in [2.05, 4.69) is 24.1 Å². The standard InChI is InChI=1S/C15H20N2O3/c1-4-17(5-2)13-8-6-12(7-9-13)10-14(15(19)20)16-11(3)18/h6-10H,4-5H2,1-3H3,(H,16,18)(H,19,20). The molecule has 0 saturated heterocycles. The number of hydrogen-bond acceptors (Lipinski definition) is 3. The van der Waals surface area contributed by atoms with E-state index < -0.39 is 11.9 Å². The van der Waals surface area contributed by atoms with Crippen molar-refractivity contribution in [2.24, 2.45) is 0 Å². The van der Waals surface area contributed by atoms with Crippen molar-refractivity contribution in [3.8, 4) is 0 Å². The Bertz CT molecular complexity index is 502. The zero-order valence-corrected chi connectivity index (χ0v) is 12.0. The number of carbonyl (C=O) groups is 2. The zero-order valence-electron chi connectivity index (χ0n) is 12.0. The van der Waals surface area contributed by atoms with Gasteiger partial charge in [0.2, 0.25) is 5.91 Å². The molecule has 0 atom stereocenters. The average molecular weight is 276 g/mol. The number of nitrogens with zero attached hydrogens (tertiary/aromatic N) is 1. The first-order chi connectivity index (χ1) is 9.47. The number of hydrogen-bond donors (Lipinski definition) is 2. The van der Waals surface area contributed by atoms with E-state index in [1.54, 1.807) is 0 Å². The molecule has 0 spiro atoms. The number of benzene rings is 1. The topological polar surface area (TPSA) is 69.6 Å². The summed E-state index contributed by atoms with van der Waals surface area (Å²) in [6.45, 7) is 7.27. The molecule has 0 aliphatic rings. The molecule has 1 aromatic carbocycles. The van der Waals surface area contributed by atoms with Gasteiger partial charge in [0.25, 0.3) is 0 Å². The molecule has 5 heteroatoms. The number of nitrogens with one attached hydrogen (secondary N) is 1. The van der Waals surface area contributed by atoms with Gasteiger partial charge >= 0.3 is 5.97 Å². The Hall–Kier alpha value is -2.30. The van der Waals surface area contributed by atoms with Crippen LogP contribution in [0.25, 0.3) is 6.08 Å². The van der Waals surface area contributed by atoms with Crippen LogP contribution in [0.3, 0.4) is 0 Å². The third-order valence-corrected chi connectivity index (χ3v) is 2.87. The van der Waals surface area contributed by atoms with Crippen molar-refractivity contribution in [1.82, 2.24) is 5.32 Å². The number of anilines is 1. The van der Waals surface area contributed by atoms with Gasteiger partial charge in [-0.25, -0.2) is 4.79 Å². The monoisotopic (exact) mass is 276 g/mol. The number of amides is 1. The second-order valence-corrected chi connectivity index (χ2v) is 4.31. The van der Waals surface area contributed by atoms with Crippen LogP contribution in [0.2, 0.25) is 0 Å². The Kier molecular flexibility index (Phi) is 5.77. The first kappa shape index (κ1) is 15.8. The fourth-order valence-electron chi connectivity index (χ4n) is 1.88. The first-order valence-electron chi connectivity index (χ1n) is 6.55. The lowest BCUT2D eigenvalue weighted by Crippen LogP contribution is -2.24. The van der Waals surface area contributed by atoms with Gasteiger partial charge in [-0.05, 0) is 37.6 Å². The van der Waals surface area contributed by atoms with Gasteiger partial charge in [0.1, 0.15) is 5.70 Å². The van der Waals surface area contributed by atoms with Crippen molar-refractivity contribution in [2.45, 2.75) is 20.8 Å². The van der Waals surface area contributed by atoms with E-state index in [0.717, 1.165) is 24.3 Å². The van der Waals surface area contributed by atoms with Crippen LogP contribution < -0.4 is 10.2 Å². The van der Waals surface area contributed by atoms with Crippen LogP contribution in [0.5, 0.6) is 0 Å². The molecule has 1 amide bonds. The second-order valence-electron chi connectivity index (χ2n) is 4.31. The molecule has 0 aliphatic carbocycles. The summed E-state index contributed by atoms with van der Waals surface area (Å²) in [5, 5.41) is 11.3. The molecule has 0 unspecified atom stereocenters. The highest BCUT2D eigenvalue weighted by Gasteiger charge is 2.09. The maximum absolute atomic E-state index is 11.0. The smallest absolute Gasteiger partial charge is 0.352 e. The molecular formula is C15H20N2O3. The van der Waals surface area contributed by atoms with Gasteiger partial charge in [-0.2, -0.15) is 0 Å². The number of carboxylic acids is 1. The van der Waals surface area contributed by atoms with Crippen LogP contribution in [-0.4, -0.2) is 30.1 Å². The van der Waals surface area contributed by atoms with E-state index in [-0.39, 0.29) is 5.70 Å². The lowest BCUT2D eigenvalue weighted by Gasteiger charge is -2.20. The van der Waals surface area contributed by atoms with E-state index in [9.17, 15) is 9.59 Å². The van der Waals surface area contributed by atoms with Crippen LogP contribution in [0.4, 0.5) is 5.69 Å². The van der Waals surface area contributed by atoms with E-state index in [1.807, 2.05) is 24.3 Å². The molecule has 0 saturated carbocycles. The van der Waals surface area contributed by atoms with Gasteiger partial charge in [0.05, 0.1) is 0 Å². The van der Waals surface area contributed by atoms with Gasteiger partial charge in [0.15, 0.2) is 0 Å². The molecule has 2 N–H and O–H groups in total. The highest BCUT2D eigenvalue weighted by molar-refractivity contribution is 5.96. The van der Waals surface area contributed by atoms with E-state index in [1.165, 1.54) is 13.0 Å².